The second-order valence-electron chi connectivity index (χ2n) is 4.45. The zero-order valence-electron chi connectivity index (χ0n) is 10.7. The first-order valence-corrected chi connectivity index (χ1v) is 6.53. The van der Waals surface area contributed by atoms with Crippen molar-refractivity contribution in [3.63, 3.8) is 0 Å². The Labute approximate surface area is 122 Å². The predicted octanol–water partition coefficient (Wildman–Crippen LogP) is 2.55. The summed E-state index contributed by atoms with van der Waals surface area (Å²) < 4.78 is 0. The van der Waals surface area contributed by atoms with Gasteiger partial charge in [0.25, 0.3) is 0 Å². The fraction of sp³-hybridized carbons (Fsp3) is 0.133. The second-order valence-corrected chi connectivity index (χ2v) is 4.85. The van der Waals surface area contributed by atoms with Gasteiger partial charge in [-0.25, -0.2) is 0 Å². The number of nitrogens with one attached hydrogen (secondary N) is 1. The van der Waals surface area contributed by atoms with Crippen LogP contribution in [-0.2, 0) is 11.2 Å². The molecule has 20 heavy (non-hydrogen) atoms. The molecule has 4 nitrogen and oxygen atoms in total. The van der Waals surface area contributed by atoms with Gasteiger partial charge >= 0.3 is 0 Å². The predicted molar refractivity (Wildman–Crippen MR) is 79.9 cm³/mol. The van der Waals surface area contributed by atoms with Gasteiger partial charge < -0.3 is 16.2 Å². The highest BCUT2D eigenvalue weighted by atomic mass is 35.5. The van der Waals surface area contributed by atoms with Crippen molar-refractivity contribution in [2.45, 2.75) is 12.5 Å². The van der Waals surface area contributed by atoms with Gasteiger partial charge in [0.15, 0.2) is 0 Å². The highest BCUT2D eigenvalue weighted by molar-refractivity contribution is 6.33. The fourth-order valence-electron chi connectivity index (χ4n) is 1.77. The molecule has 0 aliphatic rings. The lowest BCUT2D eigenvalue weighted by molar-refractivity contribution is -0.117. The van der Waals surface area contributed by atoms with Crippen LogP contribution in [0.15, 0.2) is 48.5 Å². The smallest absolute Gasteiger partial charge is 0.241 e. The third kappa shape index (κ3) is 3.73. The number of carbonyl (C=O) groups excluding carboxylic acids is 1. The number of nitrogens with two attached hydrogens (primary N) is 1. The Kier molecular flexibility index (Phi) is 4.61. The first-order chi connectivity index (χ1) is 9.56. The lowest BCUT2D eigenvalue weighted by Gasteiger charge is -2.13. The normalized spacial score (nSPS) is 11.9. The summed E-state index contributed by atoms with van der Waals surface area (Å²) >= 11 is 5.97. The molecule has 0 bridgehead atoms. The lowest BCUT2D eigenvalue weighted by atomic mass is 10.1. The maximum Gasteiger partial charge on any atom is 0.241 e. The molecule has 0 aromatic heterocycles. The number of anilines is 1. The number of rotatable bonds is 4. The highest BCUT2D eigenvalue weighted by Gasteiger charge is 2.15. The Morgan fingerprint density at radius 1 is 1.20 bits per heavy atom. The van der Waals surface area contributed by atoms with Crippen molar-refractivity contribution in [3.05, 3.63) is 59.1 Å². The number of hydrogen-bond acceptors (Lipinski definition) is 3. The number of para-hydroxylation sites is 1. The van der Waals surface area contributed by atoms with Crippen molar-refractivity contribution in [2.24, 2.45) is 5.73 Å². The van der Waals surface area contributed by atoms with Crippen molar-refractivity contribution in [2.75, 3.05) is 5.32 Å². The van der Waals surface area contributed by atoms with Crippen LogP contribution >= 0.6 is 11.6 Å². The average molecular weight is 291 g/mol. The number of amides is 1. The van der Waals surface area contributed by atoms with E-state index in [1.54, 1.807) is 48.5 Å². The van der Waals surface area contributed by atoms with Crippen LogP contribution < -0.4 is 11.1 Å². The summed E-state index contributed by atoms with van der Waals surface area (Å²) in [5.74, 6) is -0.117. The van der Waals surface area contributed by atoms with Crippen molar-refractivity contribution < 1.29 is 9.90 Å². The maximum absolute atomic E-state index is 12.0. The Balaban J connectivity index is 1.99. The van der Waals surface area contributed by atoms with Gasteiger partial charge in [-0.1, -0.05) is 35.9 Å². The largest absolute Gasteiger partial charge is 0.508 e. The van der Waals surface area contributed by atoms with E-state index in [9.17, 15) is 9.90 Å². The van der Waals surface area contributed by atoms with Gasteiger partial charge in [0.2, 0.25) is 5.91 Å². The molecule has 0 radical (unpaired) electrons. The molecule has 0 spiro atoms. The van der Waals surface area contributed by atoms with Crippen LogP contribution in [-0.4, -0.2) is 17.1 Å². The van der Waals surface area contributed by atoms with Crippen LogP contribution in [0, 0.1) is 0 Å². The van der Waals surface area contributed by atoms with E-state index in [0.717, 1.165) is 5.56 Å². The molecular formula is C15H15ClN2O2. The van der Waals surface area contributed by atoms with E-state index in [1.165, 1.54) is 0 Å². The van der Waals surface area contributed by atoms with E-state index < -0.39 is 6.04 Å². The van der Waals surface area contributed by atoms with Crippen LogP contribution in [0.25, 0.3) is 0 Å². The van der Waals surface area contributed by atoms with Crippen molar-refractivity contribution in [3.8, 4) is 5.75 Å². The van der Waals surface area contributed by atoms with Crippen LogP contribution in [0.2, 0.25) is 5.02 Å². The van der Waals surface area contributed by atoms with E-state index in [4.69, 9.17) is 17.3 Å². The number of benzene rings is 2. The zero-order chi connectivity index (χ0) is 14.5. The fourth-order valence-corrected chi connectivity index (χ4v) is 1.95. The molecule has 0 aliphatic carbocycles. The Hall–Kier alpha value is -2.04. The molecule has 1 amide bonds. The second kappa shape index (κ2) is 6.41. The summed E-state index contributed by atoms with van der Waals surface area (Å²) in [6, 6.07) is 12.9. The molecule has 2 aromatic rings. The summed E-state index contributed by atoms with van der Waals surface area (Å²) in [4.78, 5) is 12.0. The van der Waals surface area contributed by atoms with E-state index >= 15 is 0 Å². The van der Waals surface area contributed by atoms with Crippen molar-refractivity contribution in [1.29, 1.82) is 0 Å². The monoisotopic (exact) mass is 290 g/mol. The summed E-state index contributed by atoms with van der Waals surface area (Å²) in [5.41, 5.74) is 7.29. The molecule has 2 aromatic carbocycles. The molecular weight excluding hydrogens is 276 g/mol. The number of phenols is 1. The first-order valence-electron chi connectivity index (χ1n) is 6.15. The number of phenolic OH excluding ortho intramolecular Hbond substituents is 1. The topological polar surface area (TPSA) is 75.3 Å². The van der Waals surface area contributed by atoms with Gasteiger partial charge in [0, 0.05) is 0 Å². The quantitative estimate of drug-likeness (QED) is 0.810. The summed E-state index contributed by atoms with van der Waals surface area (Å²) in [6.07, 6.45) is 0.385. The standard InChI is InChI=1S/C15H15ClN2O2/c16-12-3-1-2-4-14(12)18-15(20)13(17)9-10-5-7-11(19)8-6-10/h1-8,13,19H,9,17H2,(H,18,20). The lowest BCUT2D eigenvalue weighted by Crippen LogP contribution is -2.37. The van der Waals surface area contributed by atoms with Crippen LogP contribution in [0.3, 0.4) is 0 Å². The Morgan fingerprint density at radius 3 is 2.50 bits per heavy atom. The first kappa shape index (κ1) is 14.4. The SMILES string of the molecule is NC(Cc1ccc(O)cc1)C(=O)Nc1ccccc1Cl. The minimum atomic E-state index is -0.684. The molecule has 2 rings (SSSR count). The zero-order valence-corrected chi connectivity index (χ0v) is 11.5. The van der Waals surface area contributed by atoms with Crippen molar-refractivity contribution in [1.82, 2.24) is 0 Å². The number of aromatic hydroxyl groups is 1. The van der Waals surface area contributed by atoms with E-state index in [0.29, 0.717) is 17.1 Å². The minimum Gasteiger partial charge on any atom is -0.508 e. The van der Waals surface area contributed by atoms with Gasteiger partial charge in [-0.2, -0.15) is 0 Å². The number of hydrogen-bond donors (Lipinski definition) is 3. The molecule has 1 unspecified atom stereocenters. The van der Waals surface area contributed by atoms with Gasteiger partial charge in [0.1, 0.15) is 5.75 Å². The van der Waals surface area contributed by atoms with E-state index in [1.807, 2.05) is 0 Å². The maximum atomic E-state index is 12.0. The Morgan fingerprint density at radius 2 is 1.85 bits per heavy atom. The van der Waals surface area contributed by atoms with Gasteiger partial charge in [-0.3, -0.25) is 4.79 Å². The van der Waals surface area contributed by atoms with Crippen LogP contribution in [0.1, 0.15) is 5.56 Å². The molecule has 1 atom stereocenters. The van der Waals surface area contributed by atoms with Crippen LogP contribution in [0.5, 0.6) is 5.75 Å². The molecule has 5 heteroatoms. The van der Waals surface area contributed by atoms with Gasteiger partial charge in [0.05, 0.1) is 16.8 Å². The minimum absolute atomic E-state index is 0.183. The molecule has 0 saturated carbocycles. The van der Waals surface area contributed by atoms with E-state index in [-0.39, 0.29) is 11.7 Å². The molecule has 4 N–H and O–H groups in total. The third-order valence-electron chi connectivity index (χ3n) is 2.86. The number of carbonyl (C=O) groups is 1. The average Bonchev–Trinajstić information content (AvgIpc) is 2.44. The molecule has 0 fully saturated rings. The van der Waals surface area contributed by atoms with Gasteiger partial charge in [-0.15, -0.1) is 0 Å². The molecule has 0 aliphatic heterocycles. The summed E-state index contributed by atoms with van der Waals surface area (Å²) in [5, 5.41) is 12.4. The Bertz CT molecular complexity index is 599. The molecule has 0 heterocycles. The highest BCUT2D eigenvalue weighted by Crippen LogP contribution is 2.20. The summed E-state index contributed by atoms with van der Waals surface area (Å²) in [6.45, 7) is 0. The van der Waals surface area contributed by atoms with Crippen molar-refractivity contribution >= 4 is 23.2 Å². The summed E-state index contributed by atoms with van der Waals surface area (Å²) in [7, 11) is 0. The van der Waals surface area contributed by atoms with E-state index in [2.05, 4.69) is 5.32 Å². The van der Waals surface area contributed by atoms with Crippen LogP contribution in [0.4, 0.5) is 5.69 Å². The van der Waals surface area contributed by atoms with Gasteiger partial charge in [-0.05, 0) is 36.2 Å². The number of halogens is 1. The third-order valence-corrected chi connectivity index (χ3v) is 3.19. The molecule has 104 valence electrons. The molecule has 0 saturated heterocycles.